The van der Waals surface area contributed by atoms with Crippen molar-refractivity contribution in [2.24, 2.45) is 0 Å². The number of para-hydroxylation sites is 2. The molecule has 1 aromatic heterocycles. The van der Waals surface area contributed by atoms with Gasteiger partial charge in [-0.1, -0.05) is 24.3 Å². The highest BCUT2D eigenvalue weighted by atomic mass is 16.3. The molecule has 5 nitrogen and oxygen atoms in total. The molecule has 20 heavy (non-hydrogen) atoms. The van der Waals surface area contributed by atoms with Crippen LogP contribution in [0.4, 0.5) is 0 Å². The van der Waals surface area contributed by atoms with E-state index in [0.29, 0.717) is 10.9 Å². The Balaban J connectivity index is 2.21. The largest absolute Gasteiger partial charge is 0.507 e. The normalized spacial score (nSPS) is 10.6. The van der Waals surface area contributed by atoms with E-state index in [0.717, 1.165) is 4.57 Å². The van der Waals surface area contributed by atoms with Crippen LogP contribution in [0.5, 0.6) is 5.75 Å². The highest BCUT2D eigenvalue weighted by Crippen LogP contribution is 2.16. The third kappa shape index (κ3) is 1.85. The first-order valence-electron chi connectivity index (χ1n) is 5.97. The summed E-state index contributed by atoms with van der Waals surface area (Å²) in [7, 11) is 0. The van der Waals surface area contributed by atoms with Crippen LogP contribution in [0, 0.1) is 0 Å². The van der Waals surface area contributed by atoms with E-state index in [4.69, 9.17) is 0 Å². The van der Waals surface area contributed by atoms with Gasteiger partial charge in [0.15, 0.2) is 0 Å². The molecule has 0 radical (unpaired) electrons. The Morgan fingerprint density at radius 2 is 1.75 bits per heavy atom. The highest BCUT2D eigenvalue weighted by Gasteiger charge is 2.15. The highest BCUT2D eigenvalue weighted by molar-refractivity contribution is 5.99. The maximum Gasteiger partial charge on any atom is 0.269 e. The Morgan fingerprint density at radius 1 is 1.05 bits per heavy atom. The quantitative estimate of drug-likeness (QED) is 0.728. The first-order chi connectivity index (χ1) is 9.68. The third-order valence-electron chi connectivity index (χ3n) is 3.02. The Hall–Kier alpha value is -2.95. The standard InChI is InChI=1S/C15H10N2O3/c18-13-8-4-2-6-11(13)15(20)17-9-16-12-7-3-1-5-10(12)14(17)19/h1-9,18H. The number of benzene rings is 2. The van der Waals surface area contributed by atoms with E-state index in [9.17, 15) is 14.7 Å². The molecule has 0 aliphatic rings. The van der Waals surface area contributed by atoms with Crippen molar-refractivity contribution in [2.45, 2.75) is 0 Å². The minimum absolute atomic E-state index is 0.0617. The van der Waals surface area contributed by atoms with E-state index in [2.05, 4.69) is 4.98 Å². The van der Waals surface area contributed by atoms with Gasteiger partial charge >= 0.3 is 0 Å². The molecular formula is C15H10N2O3. The van der Waals surface area contributed by atoms with Crippen molar-refractivity contribution in [3.63, 3.8) is 0 Å². The molecular weight excluding hydrogens is 256 g/mol. The van der Waals surface area contributed by atoms with Crippen molar-refractivity contribution in [1.29, 1.82) is 0 Å². The van der Waals surface area contributed by atoms with Crippen molar-refractivity contribution in [3.8, 4) is 5.75 Å². The van der Waals surface area contributed by atoms with Gasteiger partial charge in [-0.25, -0.2) is 9.55 Å². The number of aromatic nitrogens is 2. The molecule has 5 heteroatoms. The first kappa shape index (κ1) is 12.1. The van der Waals surface area contributed by atoms with E-state index >= 15 is 0 Å². The molecule has 3 aromatic rings. The van der Waals surface area contributed by atoms with E-state index in [-0.39, 0.29) is 11.3 Å². The molecule has 1 N–H and O–H groups in total. The molecule has 0 spiro atoms. The van der Waals surface area contributed by atoms with E-state index < -0.39 is 11.5 Å². The average molecular weight is 266 g/mol. The Kier molecular flexibility index (Phi) is 2.80. The number of hydrogen-bond acceptors (Lipinski definition) is 4. The number of rotatable bonds is 1. The van der Waals surface area contributed by atoms with Gasteiger partial charge in [0.1, 0.15) is 12.1 Å². The van der Waals surface area contributed by atoms with E-state index in [1.807, 2.05) is 0 Å². The van der Waals surface area contributed by atoms with Crippen LogP contribution in [0.1, 0.15) is 10.4 Å². The van der Waals surface area contributed by atoms with Gasteiger partial charge in [0, 0.05) is 0 Å². The third-order valence-corrected chi connectivity index (χ3v) is 3.02. The lowest BCUT2D eigenvalue weighted by molar-refractivity contribution is 0.0952. The summed E-state index contributed by atoms with van der Waals surface area (Å²) in [5.74, 6) is -0.774. The fourth-order valence-electron chi connectivity index (χ4n) is 2.00. The van der Waals surface area contributed by atoms with Crippen LogP contribution >= 0.6 is 0 Å². The molecule has 0 saturated carbocycles. The molecule has 0 saturated heterocycles. The number of phenols is 1. The molecule has 0 aliphatic heterocycles. The molecule has 0 aliphatic carbocycles. The summed E-state index contributed by atoms with van der Waals surface area (Å²) in [6, 6.07) is 12.9. The zero-order valence-corrected chi connectivity index (χ0v) is 10.4. The number of hydrogen-bond donors (Lipinski definition) is 1. The Labute approximate surface area is 113 Å². The Bertz CT molecular complexity index is 868. The van der Waals surface area contributed by atoms with Gasteiger partial charge in [-0.2, -0.15) is 0 Å². The average Bonchev–Trinajstić information content (AvgIpc) is 2.48. The van der Waals surface area contributed by atoms with Crippen molar-refractivity contribution in [1.82, 2.24) is 9.55 Å². The summed E-state index contributed by atoms with van der Waals surface area (Å²) in [6.07, 6.45) is 1.18. The van der Waals surface area contributed by atoms with Crippen LogP contribution in [0.25, 0.3) is 10.9 Å². The van der Waals surface area contributed by atoms with Crippen molar-refractivity contribution < 1.29 is 9.90 Å². The fourth-order valence-corrected chi connectivity index (χ4v) is 2.00. The monoisotopic (exact) mass is 266 g/mol. The number of nitrogens with zero attached hydrogens (tertiary/aromatic N) is 2. The summed E-state index contributed by atoms with van der Waals surface area (Å²) < 4.78 is 0.900. The maximum absolute atomic E-state index is 12.3. The molecule has 0 amide bonds. The summed E-state index contributed by atoms with van der Waals surface area (Å²) in [4.78, 5) is 28.6. The number of fused-ring (bicyclic) bond motifs is 1. The maximum atomic E-state index is 12.3. The molecule has 2 aromatic carbocycles. The van der Waals surface area contributed by atoms with Gasteiger partial charge in [0.05, 0.1) is 16.5 Å². The van der Waals surface area contributed by atoms with Crippen LogP contribution in [0.15, 0.2) is 59.7 Å². The van der Waals surface area contributed by atoms with E-state index in [1.165, 1.54) is 18.5 Å². The van der Waals surface area contributed by atoms with Crippen LogP contribution in [0.2, 0.25) is 0 Å². The summed E-state index contributed by atoms with van der Waals surface area (Å²) >= 11 is 0. The number of phenolic OH excluding ortho intramolecular Hbond substituents is 1. The van der Waals surface area contributed by atoms with Crippen LogP contribution in [-0.2, 0) is 0 Å². The minimum atomic E-state index is -0.605. The van der Waals surface area contributed by atoms with Crippen molar-refractivity contribution in [2.75, 3.05) is 0 Å². The fraction of sp³-hybridized carbons (Fsp3) is 0. The van der Waals surface area contributed by atoms with Gasteiger partial charge in [-0.3, -0.25) is 9.59 Å². The van der Waals surface area contributed by atoms with Crippen molar-refractivity contribution >= 4 is 16.8 Å². The minimum Gasteiger partial charge on any atom is -0.507 e. The van der Waals surface area contributed by atoms with Crippen LogP contribution in [-0.4, -0.2) is 20.6 Å². The lowest BCUT2D eigenvalue weighted by Gasteiger charge is -2.06. The summed E-state index contributed by atoms with van der Waals surface area (Å²) in [5.41, 5.74) is 0.134. The predicted octanol–water partition coefficient (Wildman–Crippen LogP) is 1.79. The first-order valence-corrected chi connectivity index (χ1v) is 5.97. The molecule has 0 unspecified atom stereocenters. The number of carbonyl (C=O) groups excluding carboxylic acids is 1. The summed E-state index contributed by atoms with van der Waals surface area (Å²) in [6.45, 7) is 0. The molecule has 98 valence electrons. The second-order valence-electron chi connectivity index (χ2n) is 4.26. The van der Waals surface area contributed by atoms with Gasteiger partial charge < -0.3 is 5.11 Å². The molecule has 0 fully saturated rings. The molecule has 3 rings (SSSR count). The second-order valence-corrected chi connectivity index (χ2v) is 4.26. The number of carbonyl (C=O) groups is 1. The predicted molar refractivity (Wildman–Crippen MR) is 73.8 cm³/mol. The Morgan fingerprint density at radius 3 is 2.55 bits per heavy atom. The number of aromatic hydroxyl groups is 1. The lowest BCUT2D eigenvalue weighted by atomic mass is 10.2. The molecule has 0 atom stereocenters. The molecule has 1 heterocycles. The van der Waals surface area contributed by atoms with Crippen LogP contribution < -0.4 is 5.56 Å². The van der Waals surface area contributed by atoms with Gasteiger partial charge in [-0.05, 0) is 24.3 Å². The topological polar surface area (TPSA) is 72.2 Å². The van der Waals surface area contributed by atoms with Gasteiger partial charge in [-0.15, -0.1) is 0 Å². The van der Waals surface area contributed by atoms with Gasteiger partial charge in [0.25, 0.3) is 11.5 Å². The SMILES string of the molecule is O=C(c1ccccc1O)n1cnc2ccccc2c1=O. The zero-order valence-electron chi connectivity index (χ0n) is 10.4. The van der Waals surface area contributed by atoms with Crippen molar-refractivity contribution in [3.05, 3.63) is 70.8 Å². The summed E-state index contributed by atoms with van der Waals surface area (Å²) in [5, 5.41) is 10.0. The second kappa shape index (κ2) is 4.62. The van der Waals surface area contributed by atoms with Gasteiger partial charge in [0.2, 0.25) is 0 Å². The lowest BCUT2D eigenvalue weighted by Crippen LogP contribution is -2.27. The smallest absolute Gasteiger partial charge is 0.269 e. The van der Waals surface area contributed by atoms with E-state index in [1.54, 1.807) is 36.4 Å². The molecule has 0 bridgehead atoms. The zero-order chi connectivity index (χ0) is 14.1. The van der Waals surface area contributed by atoms with Crippen LogP contribution in [0.3, 0.4) is 0 Å².